The van der Waals surface area contributed by atoms with Crippen LogP contribution < -0.4 is 16.4 Å². The summed E-state index contributed by atoms with van der Waals surface area (Å²) in [7, 11) is 0. The molecule has 7 nitrogen and oxygen atoms in total. The van der Waals surface area contributed by atoms with E-state index in [9.17, 15) is 14.7 Å². The summed E-state index contributed by atoms with van der Waals surface area (Å²) in [6.07, 6.45) is 0.824. The number of phenolic OH excluding ortho intramolecular Hbond substituents is 1. The Balaban J connectivity index is 3.04. The maximum absolute atomic E-state index is 12.4. The van der Waals surface area contributed by atoms with Crippen molar-refractivity contribution < 1.29 is 19.4 Å². The number of aromatic hydroxyl groups is 1. The molecule has 1 aromatic carbocycles. The van der Waals surface area contributed by atoms with Crippen molar-refractivity contribution in [3.05, 3.63) is 23.8 Å². The van der Waals surface area contributed by atoms with E-state index < -0.39 is 17.7 Å². The topological polar surface area (TPSA) is 114 Å². The van der Waals surface area contributed by atoms with Crippen LogP contribution in [0.2, 0.25) is 0 Å². The van der Waals surface area contributed by atoms with E-state index in [1.165, 1.54) is 6.07 Å². The van der Waals surface area contributed by atoms with Crippen molar-refractivity contribution in [2.24, 2.45) is 17.1 Å². The van der Waals surface area contributed by atoms with E-state index in [0.717, 1.165) is 12.0 Å². The third kappa shape index (κ3) is 9.03. The van der Waals surface area contributed by atoms with E-state index in [4.69, 9.17) is 10.5 Å². The molecule has 5 N–H and O–H groups in total. The van der Waals surface area contributed by atoms with Crippen LogP contribution in [0.5, 0.6) is 5.75 Å². The molecule has 1 aromatic rings. The number of phenols is 1. The zero-order valence-electron chi connectivity index (χ0n) is 19.6. The number of rotatable bonds is 7. The molecule has 0 spiro atoms. The van der Waals surface area contributed by atoms with Crippen LogP contribution in [-0.2, 0) is 16.0 Å². The highest BCUT2D eigenvalue weighted by Gasteiger charge is 2.26. The lowest BCUT2D eigenvalue weighted by molar-refractivity contribution is -0.117. The van der Waals surface area contributed by atoms with Crippen LogP contribution in [0.25, 0.3) is 0 Å². The second-order valence-electron chi connectivity index (χ2n) is 10.2. The highest BCUT2D eigenvalue weighted by Crippen LogP contribution is 2.31. The number of alkyl carbamates (subject to hydrolysis) is 1. The predicted octanol–water partition coefficient (Wildman–Crippen LogP) is 4.19. The molecule has 0 bridgehead atoms. The highest BCUT2D eigenvalue weighted by atomic mass is 16.6. The molecule has 0 heterocycles. The van der Waals surface area contributed by atoms with E-state index in [1.54, 1.807) is 19.1 Å². The molecule has 0 aliphatic carbocycles. The number of hydrogen-bond acceptors (Lipinski definition) is 5. The highest BCUT2D eigenvalue weighted by molar-refractivity contribution is 5.95. The van der Waals surface area contributed by atoms with Gasteiger partial charge in [0.25, 0.3) is 0 Å². The number of amides is 2. The molecule has 2 unspecified atom stereocenters. The lowest BCUT2D eigenvalue weighted by Gasteiger charge is -2.32. The van der Waals surface area contributed by atoms with Gasteiger partial charge in [-0.3, -0.25) is 4.79 Å². The summed E-state index contributed by atoms with van der Waals surface area (Å²) >= 11 is 0. The average molecular weight is 422 g/mol. The van der Waals surface area contributed by atoms with Crippen LogP contribution in [-0.4, -0.2) is 34.8 Å². The molecule has 0 aliphatic rings. The first kappa shape index (κ1) is 25.8. The van der Waals surface area contributed by atoms with Gasteiger partial charge < -0.3 is 26.2 Å². The Kier molecular flexibility index (Phi) is 8.72. The molecule has 170 valence electrons. The first-order chi connectivity index (χ1) is 13.6. The summed E-state index contributed by atoms with van der Waals surface area (Å²) in [5.41, 5.74) is 6.27. The zero-order valence-corrected chi connectivity index (χ0v) is 19.6. The van der Waals surface area contributed by atoms with Gasteiger partial charge in [0.1, 0.15) is 11.4 Å². The second-order valence-corrected chi connectivity index (χ2v) is 10.2. The minimum Gasteiger partial charge on any atom is -0.506 e. The van der Waals surface area contributed by atoms with E-state index >= 15 is 0 Å². The summed E-state index contributed by atoms with van der Waals surface area (Å²) < 4.78 is 5.43. The van der Waals surface area contributed by atoms with E-state index in [1.807, 2.05) is 20.8 Å². The third-order valence-corrected chi connectivity index (χ3v) is 5.05. The maximum atomic E-state index is 12.4. The Bertz CT molecular complexity index is 733. The Labute approximate surface area is 180 Å². The first-order valence-corrected chi connectivity index (χ1v) is 10.5. The largest absolute Gasteiger partial charge is 0.506 e. The van der Waals surface area contributed by atoms with Gasteiger partial charge in [-0.25, -0.2) is 4.79 Å². The van der Waals surface area contributed by atoms with Crippen LogP contribution in [0.3, 0.4) is 0 Å². The number of nitrogens with one attached hydrogen (secondary N) is 2. The Morgan fingerprint density at radius 1 is 1.13 bits per heavy atom. The lowest BCUT2D eigenvalue weighted by Crippen LogP contribution is -2.42. The molecule has 0 saturated heterocycles. The molecule has 0 aromatic heterocycles. The Morgan fingerprint density at radius 3 is 2.23 bits per heavy atom. The van der Waals surface area contributed by atoms with Gasteiger partial charge >= 0.3 is 6.09 Å². The quantitative estimate of drug-likeness (QED) is 0.493. The Morgan fingerprint density at radius 2 is 1.73 bits per heavy atom. The third-order valence-electron chi connectivity index (χ3n) is 5.05. The molecule has 2 amide bonds. The average Bonchev–Trinajstić information content (AvgIpc) is 2.54. The van der Waals surface area contributed by atoms with Gasteiger partial charge in [-0.2, -0.15) is 0 Å². The molecule has 1 rings (SSSR count). The van der Waals surface area contributed by atoms with Crippen molar-refractivity contribution >= 4 is 17.7 Å². The summed E-state index contributed by atoms with van der Waals surface area (Å²) in [6.45, 7) is 15.7. The summed E-state index contributed by atoms with van der Waals surface area (Å²) in [5.74, 6) is -0.0773. The number of nitrogens with two attached hydrogens (primary N) is 1. The van der Waals surface area contributed by atoms with Gasteiger partial charge in [-0.15, -0.1) is 0 Å². The molecule has 30 heavy (non-hydrogen) atoms. The van der Waals surface area contributed by atoms with Gasteiger partial charge in [0.2, 0.25) is 5.91 Å². The fraction of sp³-hybridized carbons (Fsp3) is 0.652. The summed E-state index contributed by atoms with van der Waals surface area (Å²) in [5, 5.41) is 15.7. The molecular formula is C23H39N3O4. The number of benzene rings is 1. The van der Waals surface area contributed by atoms with E-state index in [2.05, 4.69) is 38.3 Å². The van der Waals surface area contributed by atoms with Crippen molar-refractivity contribution in [3.8, 4) is 5.75 Å². The standard InChI is InChI=1S/C23H39N3O4/c1-14(22(3,4)5)11-17(25-21(29)30-23(6,7)8)12-16-9-10-19(27)18(13-16)26-20(28)15(2)24/h9-10,13-15,17,27H,11-12,24H2,1-8H3,(H,25,29)(H,26,28)/t14?,15?,17-/m1/s1. The molecule has 0 radical (unpaired) electrons. The first-order valence-electron chi connectivity index (χ1n) is 10.5. The summed E-state index contributed by atoms with van der Waals surface area (Å²) in [6, 6.07) is 4.16. The van der Waals surface area contributed by atoms with Crippen LogP contribution in [0.1, 0.15) is 67.4 Å². The molecule has 3 atom stereocenters. The van der Waals surface area contributed by atoms with Crippen molar-refractivity contribution in [1.29, 1.82) is 0 Å². The SMILES string of the molecule is CC(N)C(=O)Nc1cc(C[C@@H](CC(C)C(C)(C)C)NC(=O)OC(C)(C)C)ccc1O. The van der Waals surface area contributed by atoms with Gasteiger partial charge in [-0.1, -0.05) is 33.8 Å². The predicted molar refractivity (Wildman–Crippen MR) is 120 cm³/mol. The maximum Gasteiger partial charge on any atom is 0.407 e. The van der Waals surface area contributed by atoms with Gasteiger partial charge in [0.05, 0.1) is 11.7 Å². The van der Waals surface area contributed by atoms with Gasteiger partial charge in [0.15, 0.2) is 0 Å². The number of anilines is 1. The molecule has 0 saturated carbocycles. The van der Waals surface area contributed by atoms with Crippen LogP contribution in [0.4, 0.5) is 10.5 Å². The number of hydrogen-bond donors (Lipinski definition) is 4. The smallest absolute Gasteiger partial charge is 0.407 e. The zero-order chi connectivity index (χ0) is 23.3. The number of carbonyl (C=O) groups is 2. The van der Waals surface area contributed by atoms with Crippen molar-refractivity contribution in [2.75, 3.05) is 5.32 Å². The number of carbonyl (C=O) groups excluding carboxylic acids is 2. The minimum atomic E-state index is -0.692. The van der Waals surface area contributed by atoms with E-state index in [-0.39, 0.29) is 23.1 Å². The fourth-order valence-corrected chi connectivity index (χ4v) is 2.79. The van der Waals surface area contributed by atoms with Crippen LogP contribution in [0.15, 0.2) is 18.2 Å². The molecule has 7 heteroatoms. The van der Waals surface area contributed by atoms with Crippen molar-refractivity contribution in [3.63, 3.8) is 0 Å². The second kappa shape index (κ2) is 10.2. The fourth-order valence-electron chi connectivity index (χ4n) is 2.79. The number of ether oxygens (including phenoxy) is 1. The Hall–Kier alpha value is -2.28. The van der Waals surface area contributed by atoms with Crippen molar-refractivity contribution in [1.82, 2.24) is 5.32 Å². The molecular weight excluding hydrogens is 382 g/mol. The monoisotopic (exact) mass is 421 g/mol. The van der Waals surface area contributed by atoms with E-state index in [0.29, 0.717) is 18.0 Å². The van der Waals surface area contributed by atoms with Gasteiger partial charge in [0, 0.05) is 6.04 Å². The normalized spacial score (nSPS) is 15.1. The van der Waals surface area contributed by atoms with Crippen LogP contribution >= 0.6 is 0 Å². The van der Waals surface area contributed by atoms with Gasteiger partial charge in [-0.05, 0) is 69.6 Å². The van der Waals surface area contributed by atoms with Crippen LogP contribution in [0, 0.1) is 11.3 Å². The lowest BCUT2D eigenvalue weighted by atomic mass is 9.78. The molecule has 0 aliphatic heterocycles. The summed E-state index contributed by atoms with van der Waals surface area (Å²) in [4.78, 5) is 24.3. The minimum absolute atomic E-state index is 0.0348. The van der Waals surface area contributed by atoms with Crippen molar-refractivity contribution in [2.45, 2.75) is 85.9 Å². The molecule has 0 fully saturated rings.